The first-order valence-electron chi connectivity index (χ1n) is 6.11. The Bertz CT molecular complexity index is 730. The Kier molecular flexibility index (Phi) is 3.46. The standard InChI is InChI=1S/C13H11BrClFN2O2/c14-7-3-8-9(5-15)17-18-12(19)11(8)10(4-7)20-6-13(16)1-2-13/h3-4H,1-2,5-6H2,(H,18,19). The summed E-state index contributed by atoms with van der Waals surface area (Å²) in [7, 11) is 0. The van der Waals surface area contributed by atoms with E-state index in [9.17, 15) is 9.18 Å². The van der Waals surface area contributed by atoms with E-state index in [2.05, 4.69) is 26.1 Å². The number of nitrogens with zero attached hydrogens (tertiary/aromatic N) is 1. The number of halogens is 3. The van der Waals surface area contributed by atoms with Crippen molar-refractivity contribution in [1.29, 1.82) is 0 Å². The summed E-state index contributed by atoms with van der Waals surface area (Å²) in [5.41, 5.74) is -1.07. The predicted molar refractivity (Wildman–Crippen MR) is 78.2 cm³/mol. The van der Waals surface area contributed by atoms with Gasteiger partial charge >= 0.3 is 0 Å². The minimum atomic E-state index is -1.25. The largest absolute Gasteiger partial charge is 0.489 e. The molecule has 0 amide bonds. The van der Waals surface area contributed by atoms with Crippen molar-refractivity contribution in [2.24, 2.45) is 0 Å². The third-order valence-electron chi connectivity index (χ3n) is 3.30. The number of alkyl halides is 2. The van der Waals surface area contributed by atoms with Crippen LogP contribution in [0.5, 0.6) is 5.75 Å². The molecule has 0 bridgehead atoms. The molecule has 2 aromatic rings. The molecule has 1 aromatic carbocycles. The number of fused-ring (bicyclic) bond motifs is 1. The summed E-state index contributed by atoms with van der Waals surface area (Å²) in [6, 6.07) is 3.41. The van der Waals surface area contributed by atoms with Crippen LogP contribution in [0.4, 0.5) is 4.39 Å². The van der Waals surface area contributed by atoms with Crippen LogP contribution in [0.15, 0.2) is 21.4 Å². The van der Waals surface area contributed by atoms with E-state index in [-0.39, 0.29) is 18.0 Å². The maximum atomic E-state index is 13.7. The molecule has 20 heavy (non-hydrogen) atoms. The Balaban J connectivity index is 2.12. The van der Waals surface area contributed by atoms with Crippen LogP contribution in [0.3, 0.4) is 0 Å². The third-order valence-corrected chi connectivity index (χ3v) is 4.01. The van der Waals surface area contributed by atoms with E-state index in [1.807, 2.05) is 0 Å². The van der Waals surface area contributed by atoms with E-state index in [0.717, 1.165) is 4.47 Å². The number of benzene rings is 1. The summed E-state index contributed by atoms with van der Waals surface area (Å²) in [6.45, 7) is -0.0451. The van der Waals surface area contributed by atoms with Crippen LogP contribution in [0.1, 0.15) is 18.5 Å². The van der Waals surface area contributed by atoms with Crippen LogP contribution >= 0.6 is 27.5 Å². The van der Waals surface area contributed by atoms with Gasteiger partial charge in [0.1, 0.15) is 18.0 Å². The van der Waals surface area contributed by atoms with Gasteiger partial charge in [-0.1, -0.05) is 15.9 Å². The van der Waals surface area contributed by atoms with E-state index in [0.29, 0.717) is 35.1 Å². The Morgan fingerprint density at radius 1 is 1.50 bits per heavy atom. The van der Waals surface area contributed by atoms with Crippen LogP contribution in [-0.2, 0) is 5.88 Å². The van der Waals surface area contributed by atoms with E-state index in [4.69, 9.17) is 16.3 Å². The lowest BCUT2D eigenvalue weighted by Gasteiger charge is -2.12. The average molecular weight is 362 g/mol. The number of aromatic amines is 1. The van der Waals surface area contributed by atoms with Crippen molar-refractivity contribution in [3.05, 3.63) is 32.7 Å². The molecule has 1 N–H and O–H groups in total. The van der Waals surface area contributed by atoms with E-state index >= 15 is 0 Å². The molecule has 0 radical (unpaired) electrons. The topological polar surface area (TPSA) is 55.0 Å². The zero-order valence-corrected chi connectivity index (χ0v) is 12.7. The van der Waals surface area contributed by atoms with Gasteiger partial charge in [0.25, 0.3) is 5.56 Å². The zero-order chi connectivity index (χ0) is 14.3. The zero-order valence-electron chi connectivity index (χ0n) is 10.4. The third kappa shape index (κ3) is 2.54. The molecular formula is C13H11BrClFN2O2. The van der Waals surface area contributed by atoms with Gasteiger partial charge in [-0.2, -0.15) is 5.10 Å². The van der Waals surface area contributed by atoms with Gasteiger partial charge < -0.3 is 4.74 Å². The van der Waals surface area contributed by atoms with Crippen molar-refractivity contribution in [3.8, 4) is 5.75 Å². The number of hydrogen-bond donors (Lipinski definition) is 1. The van der Waals surface area contributed by atoms with Gasteiger partial charge in [-0.05, 0) is 25.0 Å². The highest BCUT2D eigenvalue weighted by Crippen LogP contribution is 2.40. The fraction of sp³-hybridized carbons (Fsp3) is 0.385. The van der Waals surface area contributed by atoms with E-state index in [1.54, 1.807) is 12.1 Å². The highest BCUT2D eigenvalue weighted by Gasteiger charge is 2.44. The van der Waals surface area contributed by atoms with Crippen molar-refractivity contribution in [1.82, 2.24) is 10.2 Å². The lowest BCUT2D eigenvalue weighted by molar-refractivity contribution is 0.179. The number of nitrogens with one attached hydrogen (secondary N) is 1. The molecule has 1 heterocycles. The quantitative estimate of drug-likeness (QED) is 0.850. The number of aromatic nitrogens is 2. The lowest BCUT2D eigenvalue weighted by atomic mass is 10.1. The molecule has 0 atom stereocenters. The Hall–Kier alpha value is -1.14. The summed E-state index contributed by atoms with van der Waals surface area (Å²) in [6.07, 6.45) is 1.01. The number of H-pyrrole nitrogens is 1. The second-order valence-corrected chi connectivity index (χ2v) is 6.08. The van der Waals surface area contributed by atoms with Crippen molar-refractivity contribution in [3.63, 3.8) is 0 Å². The molecule has 1 saturated carbocycles. The minimum absolute atomic E-state index is 0.0451. The molecule has 1 fully saturated rings. The van der Waals surface area contributed by atoms with Gasteiger partial charge in [0.05, 0.1) is 17.0 Å². The Morgan fingerprint density at radius 3 is 2.90 bits per heavy atom. The monoisotopic (exact) mass is 360 g/mol. The fourth-order valence-electron chi connectivity index (χ4n) is 1.98. The average Bonchev–Trinajstić information content (AvgIpc) is 3.15. The summed E-state index contributed by atoms with van der Waals surface area (Å²) in [5, 5.41) is 7.25. The smallest absolute Gasteiger partial charge is 0.275 e. The summed E-state index contributed by atoms with van der Waals surface area (Å²) < 4.78 is 19.9. The van der Waals surface area contributed by atoms with Crippen LogP contribution in [0.2, 0.25) is 0 Å². The molecule has 4 nitrogen and oxygen atoms in total. The molecule has 1 aliphatic rings. The van der Waals surface area contributed by atoms with Gasteiger partial charge in [0.15, 0.2) is 0 Å². The van der Waals surface area contributed by atoms with Crippen LogP contribution < -0.4 is 10.3 Å². The highest BCUT2D eigenvalue weighted by molar-refractivity contribution is 9.10. The predicted octanol–water partition coefficient (Wildman–Crippen LogP) is 3.31. The summed E-state index contributed by atoms with van der Waals surface area (Å²) >= 11 is 9.17. The first kappa shape index (κ1) is 13.8. The van der Waals surface area contributed by atoms with Gasteiger partial charge in [-0.15, -0.1) is 11.6 Å². The van der Waals surface area contributed by atoms with E-state index in [1.165, 1.54) is 0 Å². The van der Waals surface area contributed by atoms with Crippen molar-refractivity contribution in [2.75, 3.05) is 6.61 Å². The second-order valence-electron chi connectivity index (χ2n) is 4.90. The minimum Gasteiger partial charge on any atom is -0.489 e. The second kappa shape index (κ2) is 5.00. The van der Waals surface area contributed by atoms with Crippen molar-refractivity contribution in [2.45, 2.75) is 24.4 Å². The number of hydrogen-bond acceptors (Lipinski definition) is 3. The molecule has 1 aromatic heterocycles. The summed E-state index contributed by atoms with van der Waals surface area (Å²) in [4.78, 5) is 12.0. The normalized spacial score (nSPS) is 16.4. The Labute approximate surface area is 127 Å². The first-order valence-corrected chi connectivity index (χ1v) is 7.44. The van der Waals surface area contributed by atoms with Gasteiger partial charge in [0.2, 0.25) is 0 Å². The molecule has 0 spiro atoms. The van der Waals surface area contributed by atoms with Gasteiger partial charge in [-0.3, -0.25) is 4.79 Å². The van der Waals surface area contributed by atoms with Crippen LogP contribution in [0, 0.1) is 0 Å². The molecule has 3 rings (SSSR count). The maximum Gasteiger partial charge on any atom is 0.275 e. The van der Waals surface area contributed by atoms with Crippen molar-refractivity contribution < 1.29 is 9.13 Å². The van der Waals surface area contributed by atoms with Gasteiger partial charge in [0, 0.05) is 9.86 Å². The molecule has 0 unspecified atom stereocenters. The molecule has 1 aliphatic carbocycles. The maximum absolute atomic E-state index is 13.7. The Morgan fingerprint density at radius 2 is 2.25 bits per heavy atom. The number of ether oxygens (including phenoxy) is 1. The lowest BCUT2D eigenvalue weighted by Crippen LogP contribution is -2.16. The van der Waals surface area contributed by atoms with Gasteiger partial charge in [-0.25, -0.2) is 9.49 Å². The first-order chi connectivity index (χ1) is 9.52. The molecular weight excluding hydrogens is 351 g/mol. The fourth-order valence-corrected chi connectivity index (χ4v) is 2.62. The molecule has 0 saturated heterocycles. The molecule has 0 aliphatic heterocycles. The van der Waals surface area contributed by atoms with Crippen molar-refractivity contribution >= 4 is 38.3 Å². The van der Waals surface area contributed by atoms with Crippen LogP contribution in [-0.4, -0.2) is 22.5 Å². The molecule has 106 valence electrons. The summed E-state index contributed by atoms with van der Waals surface area (Å²) in [5.74, 6) is 0.504. The van der Waals surface area contributed by atoms with Crippen LogP contribution in [0.25, 0.3) is 10.8 Å². The SMILES string of the molecule is O=c1[nH]nc(CCl)c2cc(Br)cc(OCC3(F)CC3)c12. The van der Waals surface area contributed by atoms with E-state index < -0.39 is 5.67 Å². The number of rotatable bonds is 4. The molecule has 7 heteroatoms. The highest BCUT2D eigenvalue weighted by atomic mass is 79.9.